The Bertz CT molecular complexity index is 573. The first-order valence-corrected chi connectivity index (χ1v) is 5.78. The van der Waals surface area contributed by atoms with Crippen molar-refractivity contribution in [1.82, 2.24) is 24.6 Å². The second-order valence-electron chi connectivity index (χ2n) is 4.41. The van der Waals surface area contributed by atoms with Crippen LogP contribution < -0.4 is 11.0 Å². The monoisotopic (exact) mass is 233 g/mol. The highest BCUT2D eigenvalue weighted by molar-refractivity contribution is 5.23. The summed E-state index contributed by atoms with van der Waals surface area (Å²) >= 11 is 0. The molecule has 0 amide bonds. The van der Waals surface area contributed by atoms with E-state index in [0.29, 0.717) is 5.82 Å². The summed E-state index contributed by atoms with van der Waals surface area (Å²) in [5.74, 6) is 0.650. The van der Waals surface area contributed by atoms with Gasteiger partial charge in [0.25, 0.3) is 0 Å². The number of nitrogens with zero attached hydrogens (tertiary/aromatic N) is 3. The predicted molar refractivity (Wildman–Crippen MR) is 63.4 cm³/mol. The van der Waals surface area contributed by atoms with Gasteiger partial charge in [-0.05, 0) is 19.9 Å². The van der Waals surface area contributed by atoms with Crippen LogP contribution in [0.2, 0.25) is 0 Å². The topological polar surface area (TPSA) is 67.6 Å². The third kappa shape index (κ3) is 1.70. The van der Waals surface area contributed by atoms with E-state index in [0.717, 1.165) is 25.2 Å². The zero-order chi connectivity index (χ0) is 11.8. The second kappa shape index (κ2) is 3.89. The molecule has 1 fully saturated rings. The smallest absolute Gasteiger partial charge is 0.315 e. The number of hydrogen-bond acceptors (Lipinski definition) is 3. The summed E-state index contributed by atoms with van der Waals surface area (Å²) in [5, 5.41) is 10.2. The Morgan fingerprint density at radius 1 is 1.47 bits per heavy atom. The fourth-order valence-corrected chi connectivity index (χ4v) is 2.25. The lowest BCUT2D eigenvalue weighted by Crippen LogP contribution is -2.27. The molecule has 3 rings (SSSR count). The number of aryl methyl sites for hydroxylation is 1. The minimum atomic E-state index is -0.0230. The van der Waals surface area contributed by atoms with E-state index in [-0.39, 0.29) is 11.7 Å². The summed E-state index contributed by atoms with van der Waals surface area (Å²) in [6.07, 6.45) is 4.61. The van der Waals surface area contributed by atoms with E-state index >= 15 is 0 Å². The molecular formula is C11H15N5O. The summed E-state index contributed by atoms with van der Waals surface area (Å²) in [5.41, 5.74) is 0.924. The molecule has 1 unspecified atom stereocenters. The van der Waals surface area contributed by atoms with E-state index in [1.165, 1.54) is 0 Å². The number of imidazole rings is 1. The Hall–Kier alpha value is -1.82. The van der Waals surface area contributed by atoms with Gasteiger partial charge in [0.1, 0.15) is 0 Å². The van der Waals surface area contributed by atoms with Gasteiger partial charge in [-0.1, -0.05) is 0 Å². The van der Waals surface area contributed by atoms with Crippen LogP contribution in [-0.2, 0) is 0 Å². The fourth-order valence-electron chi connectivity index (χ4n) is 2.25. The van der Waals surface area contributed by atoms with Gasteiger partial charge < -0.3 is 5.32 Å². The van der Waals surface area contributed by atoms with Crippen LogP contribution in [0.1, 0.15) is 18.2 Å². The molecule has 0 aromatic carbocycles. The summed E-state index contributed by atoms with van der Waals surface area (Å²) < 4.78 is 3.35. The minimum absolute atomic E-state index is 0.0230. The SMILES string of the molecule is Cc1cc(-n2ccn(C3CCNC3)c2=O)n[nH]1. The van der Waals surface area contributed by atoms with Gasteiger partial charge in [-0.25, -0.2) is 9.36 Å². The summed E-state index contributed by atoms with van der Waals surface area (Å²) in [6.45, 7) is 3.76. The molecule has 0 aliphatic carbocycles. The molecule has 0 saturated carbocycles. The molecule has 0 bridgehead atoms. The van der Waals surface area contributed by atoms with Gasteiger partial charge in [-0.15, -0.1) is 0 Å². The molecule has 0 spiro atoms. The Balaban J connectivity index is 2.00. The van der Waals surface area contributed by atoms with Gasteiger partial charge in [-0.2, -0.15) is 5.10 Å². The lowest BCUT2D eigenvalue weighted by atomic mass is 10.3. The number of aromatic nitrogens is 4. The highest BCUT2D eigenvalue weighted by Crippen LogP contribution is 2.13. The Labute approximate surface area is 98.3 Å². The van der Waals surface area contributed by atoms with Crippen LogP contribution in [0.15, 0.2) is 23.3 Å². The summed E-state index contributed by atoms with van der Waals surface area (Å²) in [6, 6.07) is 2.13. The maximum atomic E-state index is 12.2. The average Bonchev–Trinajstić information content (AvgIpc) is 2.98. The van der Waals surface area contributed by atoms with Crippen LogP contribution in [0.4, 0.5) is 0 Å². The third-order valence-corrected chi connectivity index (χ3v) is 3.17. The van der Waals surface area contributed by atoms with Crippen molar-refractivity contribution >= 4 is 0 Å². The lowest BCUT2D eigenvalue weighted by molar-refractivity contribution is 0.526. The van der Waals surface area contributed by atoms with Gasteiger partial charge in [-0.3, -0.25) is 9.67 Å². The standard InChI is InChI=1S/C11H15N5O/c1-8-6-10(14-13-8)16-5-4-15(11(16)17)9-2-3-12-7-9/h4-6,9,12H,2-3,7H2,1H3,(H,13,14). The second-order valence-corrected chi connectivity index (χ2v) is 4.41. The number of H-pyrrole nitrogens is 1. The van der Waals surface area contributed by atoms with Crippen molar-refractivity contribution in [3.05, 3.63) is 34.6 Å². The van der Waals surface area contributed by atoms with Crippen LogP contribution in [-0.4, -0.2) is 32.4 Å². The molecule has 3 heterocycles. The van der Waals surface area contributed by atoms with Crippen molar-refractivity contribution < 1.29 is 0 Å². The lowest BCUT2D eigenvalue weighted by Gasteiger charge is -2.07. The van der Waals surface area contributed by atoms with E-state index in [4.69, 9.17) is 0 Å². The van der Waals surface area contributed by atoms with Crippen LogP contribution in [0.5, 0.6) is 0 Å². The first-order chi connectivity index (χ1) is 8.25. The Kier molecular flexibility index (Phi) is 2.36. The van der Waals surface area contributed by atoms with Crippen molar-refractivity contribution in [2.45, 2.75) is 19.4 Å². The van der Waals surface area contributed by atoms with E-state index in [2.05, 4.69) is 15.5 Å². The van der Waals surface area contributed by atoms with Gasteiger partial charge >= 0.3 is 5.69 Å². The first kappa shape index (κ1) is 10.3. The van der Waals surface area contributed by atoms with Gasteiger partial charge in [0, 0.05) is 30.7 Å². The highest BCUT2D eigenvalue weighted by Gasteiger charge is 2.19. The first-order valence-electron chi connectivity index (χ1n) is 5.78. The Morgan fingerprint density at radius 3 is 3.00 bits per heavy atom. The molecule has 2 N–H and O–H groups in total. The van der Waals surface area contributed by atoms with Crippen molar-refractivity contribution in [2.24, 2.45) is 0 Å². The van der Waals surface area contributed by atoms with Crippen molar-refractivity contribution in [2.75, 3.05) is 13.1 Å². The maximum Gasteiger partial charge on any atom is 0.334 e. The van der Waals surface area contributed by atoms with Crippen LogP contribution in [0.25, 0.3) is 5.82 Å². The third-order valence-electron chi connectivity index (χ3n) is 3.17. The molecular weight excluding hydrogens is 218 g/mol. The van der Waals surface area contributed by atoms with E-state index in [9.17, 15) is 4.79 Å². The van der Waals surface area contributed by atoms with Crippen molar-refractivity contribution in [3.63, 3.8) is 0 Å². The molecule has 0 radical (unpaired) electrons. The van der Waals surface area contributed by atoms with Gasteiger partial charge in [0.15, 0.2) is 5.82 Å². The van der Waals surface area contributed by atoms with Crippen LogP contribution in [0, 0.1) is 6.92 Å². The number of nitrogens with one attached hydrogen (secondary N) is 2. The fraction of sp³-hybridized carbons (Fsp3) is 0.455. The molecule has 2 aromatic heterocycles. The van der Waals surface area contributed by atoms with Crippen LogP contribution in [0.3, 0.4) is 0 Å². The summed E-state index contributed by atoms with van der Waals surface area (Å²) in [7, 11) is 0. The molecule has 1 atom stereocenters. The number of aromatic amines is 1. The Morgan fingerprint density at radius 2 is 2.35 bits per heavy atom. The molecule has 2 aromatic rings. The van der Waals surface area contributed by atoms with E-state index < -0.39 is 0 Å². The van der Waals surface area contributed by atoms with Gasteiger partial charge in [0.2, 0.25) is 0 Å². The van der Waals surface area contributed by atoms with Gasteiger partial charge in [0.05, 0.1) is 6.04 Å². The van der Waals surface area contributed by atoms with Crippen molar-refractivity contribution in [3.8, 4) is 5.82 Å². The minimum Gasteiger partial charge on any atom is -0.315 e. The highest BCUT2D eigenvalue weighted by atomic mass is 16.1. The summed E-state index contributed by atoms with van der Waals surface area (Å²) in [4.78, 5) is 12.2. The molecule has 1 aliphatic heterocycles. The normalized spacial score (nSPS) is 19.9. The zero-order valence-electron chi connectivity index (χ0n) is 9.68. The molecule has 6 heteroatoms. The largest absolute Gasteiger partial charge is 0.334 e. The van der Waals surface area contributed by atoms with E-state index in [1.807, 2.05) is 19.2 Å². The average molecular weight is 233 g/mol. The zero-order valence-corrected chi connectivity index (χ0v) is 9.68. The molecule has 6 nitrogen and oxygen atoms in total. The number of hydrogen-bond donors (Lipinski definition) is 2. The quantitative estimate of drug-likeness (QED) is 0.779. The predicted octanol–water partition coefficient (Wildman–Crippen LogP) is 0.205. The van der Waals surface area contributed by atoms with E-state index in [1.54, 1.807) is 15.3 Å². The number of rotatable bonds is 2. The van der Waals surface area contributed by atoms with Crippen molar-refractivity contribution in [1.29, 1.82) is 0 Å². The molecule has 1 aliphatic rings. The maximum absolute atomic E-state index is 12.2. The van der Waals surface area contributed by atoms with Crippen LogP contribution >= 0.6 is 0 Å². The molecule has 90 valence electrons. The molecule has 17 heavy (non-hydrogen) atoms. The molecule has 1 saturated heterocycles.